The normalized spacial score (nSPS) is 20.2. The number of hydrogen-bond donors (Lipinski definition) is 1. The van der Waals surface area contributed by atoms with Gasteiger partial charge in [-0.05, 0) is 40.5 Å². The van der Waals surface area contributed by atoms with Crippen molar-refractivity contribution in [1.29, 1.82) is 0 Å². The monoisotopic (exact) mass is 328 g/mol. The van der Waals surface area contributed by atoms with Crippen LogP contribution in [0.25, 0.3) is 0 Å². The summed E-state index contributed by atoms with van der Waals surface area (Å²) >= 11 is 3.25. The first kappa shape index (κ1) is 14.0. The molecule has 4 nitrogen and oxygen atoms in total. The van der Waals surface area contributed by atoms with Crippen LogP contribution >= 0.6 is 15.9 Å². The van der Waals surface area contributed by atoms with Gasteiger partial charge in [0.2, 0.25) is 11.8 Å². The van der Waals surface area contributed by atoms with Crippen LogP contribution in [-0.2, 0) is 9.59 Å². The quantitative estimate of drug-likeness (QED) is 0.905. The second kappa shape index (κ2) is 5.69. The van der Waals surface area contributed by atoms with E-state index in [2.05, 4.69) is 21.2 Å². The predicted octanol–water partition coefficient (Wildman–Crippen LogP) is 2.22. The van der Waals surface area contributed by atoms with Crippen molar-refractivity contribution >= 4 is 33.4 Å². The molecule has 2 rings (SSSR count). The number of hydrogen-bond acceptors (Lipinski definition) is 2. The van der Waals surface area contributed by atoms with Gasteiger partial charge in [0.05, 0.1) is 5.69 Å². The Labute approximate surface area is 119 Å². The molecule has 0 saturated carbocycles. The lowest BCUT2D eigenvalue weighted by atomic mass is 10.2. The van der Waals surface area contributed by atoms with Gasteiger partial charge in [0.1, 0.15) is 11.9 Å². The van der Waals surface area contributed by atoms with Crippen LogP contribution in [0.5, 0.6) is 0 Å². The summed E-state index contributed by atoms with van der Waals surface area (Å²) in [4.78, 5) is 25.4. The number of nitrogens with one attached hydrogen (secondary N) is 1. The molecule has 1 atom stereocenters. The van der Waals surface area contributed by atoms with Crippen LogP contribution in [0.3, 0.4) is 0 Å². The third-order valence-electron chi connectivity index (χ3n) is 3.07. The number of carbonyl (C=O) groups is 2. The van der Waals surface area contributed by atoms with Crippen LogP contribution in [0.4, 0.5) is 10.1 Å². The van der Waals surface area contributed by atoms with Gasteiger partial charge in [-0.25, -0.2) is 4.39 Å². The lowest BCUT2D eigenvalue weighted by molar-refractivity contribution is -0.125. The summed E-state index contributed by atoms with van der Waals surface area (Å²) < 4.78 is 13.6. The van der Waals surface area contributed by atoms with E-state index in [1.807, 2.05) is 6.92 Å². The smallest absolute Gasteiger partial charge is 0.249 e. The predicted molar refractivity (Wildman–Crippen MR) is 73.3 cm³/mol. The van der Waals surface area contributed by atoms with Crippen molar-refractivity contribution in [2.24, 2.45) is 0 Å². The Kier molecular flexibility index (Phi) is 4.19. The topological polar surface area (TPSA) is 49.4 Å². The molecule has 1 aromatic rings. The number of anilines is 1. The van der Waals surface area contributed by atoms with Crippen LogP contribution < -0.4 is 10.2 Å². The lowest BCUT2D eigenvalue weighted by Crippen LogP contribution is -2.44. The average molecular weight is 329 g/mol. The van der Waals surface area contributed by atoms with Crippen molar-refractivity contribution in [2.45, 2.75) is 25.8 Å². The Morgan fingerprint density at radius 2 is 2.21 bits per heavy atom. The maximum absolute atomic E-state index is 13.1. The molecule has 0 bridgehead atoms. The van der Waals surface area contributed by atoms with Crippen molar-refractivity contribution in [1.82, 2.24) is 5.32 Å². The van der Waals surface area contributed by atoms with Crippen molar-refractivity contribution in [3.8, 4) is 0 Å². The molecule has 6 heteroatoms. The highest BCUT2D eigenvalue weighted by Gasteiger charge is 2.30. The first-order valence-electron chi connectivity index (χ1n) is 6.08. The van der Waals surface area contributed by atoms with Crippen LogP contribution in [0.15, 0.2) is 22.7 Å². The first-order valence-corrected chi connectivity index (χ1v) is 6.88. The van der Waals surface area contributed by atoms with Gasteiger partial charge in [-0.3, -0.25) is 9.59 Å². The van der Waals surface area contributed by atoms with E-state index in [0.717, 1.165) is 0 Å². The van der Waals surface area contributed by atoms with Gasteiger partial charge < -0.3 is 10.2 Å². The molecule has 0 aliphatic carbocycles. The molecule has 1 N–H and O–H groups in total. The Bertz CT molecular complexity index is 521. The molecule has 1 fully saturated rings. The molecule has 1 aromatic carbocycles. The molecule has 1 aliphatic rings. The molecule has 0 radical (unpaired) electrons. The van der Waals surface area contributed by atoms with Crippen LogP contribution in [0, 0.1) is 5.82 Å². The average Bonchev–Trinajstić information content (AvgIpc) is 2.50. The highest BCUT2D eigenvalue weighted by atomic mass is 79.9. The van der Waals surface area contributed by atoms with E-state index in [9.17, 15) is 14.0 Å². The highest BCUT2D eigenvalue weighted by molar-refractivity contribution is 9.10. The third-order valence-corrected chi connectivity index (χ3v) is 3.71. The van der Waals surface area contributed by atoms with Crippen LogP contribution in [0.2, 0.25) is 0 Å². The Hall–Kier alpha value is -1.43. The van der Waals surface area contributed by atoms with Crippen LogP contribution in [0.1, 0.15) is 19.8 Å². The minimum absolute atomic E-state index is 0.138. The molecule has 0 spiro atoms. The van der Waals surface area contributed by atoms with Gasteiger partial charge in [0.15, 0.2) is 0 Å². The van der Waals surface area contributed by atoms with Gasteiger partial charge in [0.25, 0.3) is 0 Å². The molecule has 1 heterocycles. The van der Waals surface area contributed by atoms with Gasteiger partial charge in [-0.1, -0.05) is 6.92 Å². The summed E-state index contributed by atoms with van der Waals surface area (Å²) in [5.74, 6) is -0.680. The minimum Gasteiger partial charge on any atom is -0.344 e. The van der Waals surface area contributed by atoms with E-state index in [0.29, 0.717) is 23.1 Å². The minimum atomic E-state index is -0.521. The van der Waals surface area contributed by atoms with Gasteiger partial charge in [-0.2, -0.15) is 0 Å². The Balaban J connectivity index is 2.36. The number of nitrogens with zero attached hydrogens (tertiary/aromatic N) is 1. The summed E-state index contributed by atoms with van der Waals surface area (Å²) in [6, 6.07) is 3.63. The Morgan fingerprint density at radius 1 is 1.47 bits per heavy atom. The SMILES string of the molecule is CCC1NC(=O)CCN(c2ccc(F)cc2Br)C1=O. The van der Waals surface area contributed by atoms with Gasteiger partial charge in [-0.15, -0.1) is 0 Å². The molecule has 0 aromatic heterocycles. The standard InChI is InChI=1S/C13H14BrFN2O2/c1-2-10-13(19)17(6-5-12(18)16-10)11-4-3-8(15)7-9(11)14/h3-4,7,10H,2,5-6H2,1H3,(H,16,18). The summed E-state index contributed by atoms with van der Waals surface area (Å²) in [6.07, 6.45) is 0.770. The van der Waals surface area contributed by atoms with Crippen molar-refractivity contribution in [3.63, 3.8) is 0 Å². The number of halogens is 2. The summed E-state index contributed by atoms with van der Waals surface area (Å²) in [5.41, 5.74) is 0.585. The van der Waals surface area contributed by atoms with Crippen molar-refractivity contribution in [3.05, 3.63) is 28.5 Å². The maximum Gasteiger partial charge on any atom is 0.249 e. The first-order chi connectivity index (χ1) is 9.02. The maximum atomic E-state index is 13.1. The molecule has 1 unspecified atom stereocenters. The lowest BCUT2D eigenvalue weighted by Gasteiger charge is -2.24. The van der Waals surface area contributed by atoms with Gasteiger partial charge >= 0.3 is 0 Å². The van der Waals surface area contributed by atoms with E-state index in [-0.39, 0.29) is 24.1 Å². The fraction of sp³-hybridized carbons (Fsp3) is 0.385. The third kappa shape index (κ3) is 2.94. The number of benzene rings is 1. The fourth-order valence-electron chi connectivity index (χ4n) is 2.06. The van der Waals surface area contributed by atoms with Gasteiger partial charge in [0, 0.05) is 17.4 Å². The zero-order chi connectivity index (χ0) is 14.0. The summed E-state index contributed by atoms with van der Waals surface area (Å²) in [7, 11) is 0. The van der Waals surface area contributed by atoms with E-state index in [1.54, 1.807) is 6.07 Å². The van der Waals surface area contributed by atoms with E-state index in [1.165, 1.54) is 17.0 Å². The van der Waals surface area contributed by atoms with Crippen molar-refractivity contribution < 1.29 is 14.0 Å². The Morgan fingerprint density at radius 3 is 2.84 bits per heavy atom. The second-order valence-corrected chi connectivity index (χ2v) is 5.22. The van der Waals surface area contributed by atoms with E-state index in [4.69, 9.17) is 0 Å². The second-order valence-electron chi connectivity index (χ2n) is 4.36. The van der Waals surface area contributed by atoms with E-state index >= 15 is 0 Å². The number of amides is 2. The van der Waals surface area contributed by atoms with E-state index < -0.39 is 6.04 Å². The molecule has 1 saturated heterocycles. The zero-order valence-corrected chi connectivity index (χ0v) is 12.0. The van der Waals surface area contributed by atoms with Crippen molar-refractivity contribution in [2.75, 3.05) is 11.4 Å². The molecule has 1 aliphatic heterocycles. The number of carbonyl (C=O) groups excluding carboxylic acids is 2. The molecule has 19 heavy (non-hydrogen) atoms. The largest absolute Gasteiger partial charge is 0.344 e. The molecular weight excluding hydrogens is 315 g/mol. The fourth-order valence-corrected chi connectivity index (χ4v) is 2.62. The highest BCUT2D eigenvalue weighted by Crippen LogP contribution is 2.28. The molecular formula is C13H14BrFN2O2. The zero-order valence-electron chi connectivity index (χ0n) is 10.5. The number of rotatable bonds is 2. The summed E-state index contributed by atoms with van der Waals surface area (Å²) in [5, 5.41) is 2.69. The summed E-state index contributed by atoms with van der Waals surface area (Å²) in [6.45, 7) is 2.14. The molecule has 2 amide bonds. The van der Waals surface area contributed by atoms with Crippen LogP contribution in [-0.4, -0.2) is 24.4 Å². The molecule has 102 valence electrons.